The van der Waals surface area contributed by atoms with Crippen molar-refractivity contribution in [3.8, 4) is 0 Å². The lowest BCUT2D eigenvalue weighted by atomic mass is 9.85. The number of aromatic nitrogens is 2. The van der Waals surface area contributed by atoms with E-state index in [4.69, 9.17) is 5.10 Å². The van der Waals surface area contributed by atoms with Gasteiger partial charge in [0.05, 0.1) is 11.7 Å². The van der Waals surface area contributed by atoms with Gasteiger partial charge in [0, 0.05) is 11.1 Å². The molecule has 1 aromatic rings. The number of hydrogen-bond acceptors (Lipinski definition) is 1. The van der Waals surface area contributed by atoms with Crippen LogP contribution >= 0.6 is 0 Å². The predicted molar refractivity (Wildman–Crippen MR) is 72.3 cm³/mol. The van der Waals surface area contributed by atoms with Crippen molar-refractivity contribution in [3.05, 3.63) is 17.5 Å². The largest absolute Gasteiger partial charge is 0.265 e. The summed E-state index contributed by atoms with van der Waals surface area (Å²) in [6, 6.07) is 2.83. The molecule has 1 aliphatic rings. The van der Waals surface area contributed by atoms with Crippen LogP contribution in [0.2, 0.25) is 0 Å². The lowest BCUT2D eigenvalue weighted by Gasteiger charge is -2.31. The van der Waals surface area contributed by atoms with Crippen molar-refractivity contribution in [2.75, 3.05) is 0 Å². The van der Waals surface area contributed by atoms with Gasteiger partial charge in [-0.15, -0.1) is 0 Å². The maximum Gasteiger partial charge on any atom is 0.0596 e. The third-order valence-electron chi connectivity index (χ3n) is 4.12. The SMILES string of the molecule is Cc1cc(C(C)(C)C)n(C2CCCC2(C)C)n1. The van der Waals surface area contributed by atoms with E-state index in [1.165, 1.54) is 25.0 Å². The number of rotatable bonds is 1. The Kier molecular flexibility index (Phi) is 2.87. The first-order valence-electron chi connectivity index (χ1n) is 6.78. The Morgan fingerprint density at radius 3 is 2.47 bits per heavy atom. The van der Waals surface area contributed by atoms with E-state index in [2.05, 4.69) is 52.3 Å². The minimum absolute atomic E-state index is 0.180. The summed E-state index contributed by atoms with van der Waals surface area (Å²) in [7, 11) is 0. The monoisotopic (exact) mass is 234 g/mol. The van der Waals surface area contributed by atoms with E-state index in [9.17, 15) is 0 Å². The molecule has 1 aliphatic carbocycles. The Bertz CT molecular complexity index is 407. The molecule has 1 heterocycles. The summed E-state index contributed by atoms with van der Waals surface area (Å²) >= 11 is 0. The molecule has 0 bridgehead atoms. The van der Waals surface area contributed by atoms with Crippen molar-refractivity contribution in [1.29, 1.82) is 0 Å². The van der Waals surface area contributed by atoms with E-state index in [1.54, 1.807) is 0 Å². The Hall–Kier alpha value is -0.790. The summed E-state index contributed by atoms with van der Waals surface area (Å²) in [5.41, 5.74) is 3.10. The van der Waals surface area contributed by atoms with Gasteiger partial charge in [-0.2, -0.15) is 5.10 Å². The van der Waals surface area contributed by atoms with Crippen molar-refractivity contribution in [2.45, 2.75) is 72.3 Å². The minimum atomic E-state index is 0.180. The zero-order valence-electron chi connectivity index (χ0n) is 12.2. The van der Waals surface area contributed by atoms with Gasteiger partial charge < -0.3 is 0 Å². The molecule has 1 unspecified atom stereocenters. The van der Waals surface area contributed by atoms with Crippen molar-refractivity contribution in [2.24, 2.45) is 5.41 Å². The zero-order valence-corrected chi connectivity index (χ0v) is 12.2. The van der Waals surface area contributed by atoms with E-state index in [-0.39, 0.29) is 5.41 Å². The molecule has 0 spiro atoms. The Morgan fingerprint density at radius 1 is 1.35 bits per heavy atom. The van der Waals surface area contributed by atoms with Crippen LogP contribution in [-0.4, -0.2) is 9.78 Å². The molecule has 0 radical (unpaired) electrons. The molecule has 2 heteroatoms. The highest BCUT2D eigenvalue weighted by molar-refractivity contribution is 5.19. The average molecular weight is 234 g/mol. The van der Waals surface area contributed by atoms with E-state index < -0.39 is 0 Å². The Balaban J connectivity index is 2.45. The number of aryl methyl sites for hydroxylation is 1. The molecule has 0 aromatic carbocycles. The smallest absolute Gasteiger partial charge is 0.0596 e. The van der Waals surface area contributed by atoms with Crippen molar-refractivity contribution in [1.82, 2.24) is 9.78 Å². The second kappa shape index (κ2) is 3.86. The number of nitrogens with zero attached hydrogens (tertiary/aromatic N) is 2. The van der Waals surface area contributed by atoms with E-state index in [1.807, 2.05) is 0 Å². The molecular formula is C15H26N2. The summed E-state index contributed by atoms with van der Waals surface area (Å²) in [6.45, 7) is 13.7. The normalized spacial score (nSPS) is 24.2. The summed E-state index contributed by atoms with van der Waals surface area (Å²) < 4.78 is 2.32. The van der Waals surface area contributed by atoms with Crippen LogP contribution in [-0.2, 0) is 5.41 Å². The summed E-state index contributed by atoms with van der Waals surface area (Å²) in [4.78, 5) is 0. The predicted octanol–water partition coefficient (Wildman–Crippen LogP) is 4.24. The maximum absolute atomic E-state index is 4.77. The van der Waals surface area contributed by atoms with Gasteiger partial charge in [-0.05, 0) is 31.2 Å². The molecule has 2 nitrogen and oxygen atoms in total. The number of hydrogen-bond donors (Lipinski definition) is 0. The van der Waals surface area contributed by atoms with Gasteiger partial charge in [-0.1, -0.05) is 41.0 Å². The highest BCUT2D eigenvalue weighted by atomic mass is 15.3. The topological polar surface area (TPSA) is 17.8 Å². The molecule has 0 N–H and O–H groups in total. The summed E-state index contributed by atoms with van der Waals surface area (Å²) in [5, 5.41) is 4.77. The van der Waals surface area contributed by atoms with Gasteiger partial charge in [0.25, 0.3) is 0 Å². The second-order valence-corrected chi connectivity index (χ2v) is 7.26. The molecule has 0 aliphatic heterocycles. The quantitative estimate of drug-likeness (QED) is 0.710. The molecule has 1 fully saturated rings. The van der Waals surface area contributed by atoms with Crippen LogP contribution < -0.4 is 0 Å². The van der Waals surface area contributed by atoms with Crippen molar-refractivity contribution in [3.63, 3.8) is 0 Å². The van der Waals surface area contributed by atoms with E-state index >= 15 is 0 Å². The van der Waals surface area contributed by atoms with Crippen LogP contribution in [0.25, 0.3) is 0 Å². The standard InChI is InChI=1S/C15H26N2/c1-11-10-13(14(2,3)4)17(16-11)12-8-7-9-15(12,5)6/h10,12H,7-9H2,1-6H3. The zero-order chi connectivity index (χ0) is 12.8. The molecule has 1 saturated carbocycles. The van der Waals surface area contributed by atoms with Gasteiger partial charge in [0.2, 0.25) is 0 Å². The highest BCUT2D eigenvalue weighted by Crippen LogP contribution is 2.46. The highest BCUT2D eigenvalue weighted by Gasteiger charge is 2.38. The Morgan fingerprint density at radius 2 is 2.00 bits per heavy atom. The average Bonchev–Trinajstić information content (AvgIpc) is 2.67. The molecule has 1 aromatic heterocycles. The Labute approximate surface area is 105 Å². The molecule has 0 saturated heterocycles. The van der Waals surface area contributed by atoms with Crippen LogP contribution in [0.5, 0.6) is 0 Å². The fourth-order valence-electron chi connectivity index (χ4n) is 3.08. The second-order valence-electron chi connectivity index (χ2n) is 7.26. The molecule has 0 amide bonds. The lowest BCUT2D eigenvalue weighted by molar-refractivity contribution is 0.231. The van der Waals surface area contributed by atoms with Crippen LogP contribution in [0.4, 0.5) is 0 Å². The molecule has 2 rings (SSSR count). The van der Waals surface area contributed by atoms with Gasteiger partial charge in [-0.25, -0.2) is 0 Å². The molecule has 96 valence electrons. The fraction of sp³-hybridized carbons (Fsp3) is 0.800. The maximum atomic E-state index is 4.77. The first kappa shape index (κ1) is 12.7. The lowest BCUT2D eigenvalue weighted by Crippen LogP contribution is -2.28. The van der Waals surface area contributed by atoms with Gasteiger partial charge >= 0.3 is 0 Å². The third kappa shape index (κ3) is 2.27. The van der Waals surface area contributed by atoms with E-state index in [0.29, 0.717) is 11.5 Å². The first-order chi connectivity index (χ1) is 7.72. The summed E-state index contributed by atoms with van der Waals surface area (Å²) in [5.74, 6) is 0. The molecular weight excluding hydrogens is 208 g/mol. The van der Waals surface area contributed by atoms with Gasteiger partial charge in [-0.3, -0.25) is 4.68 Å². The van der Waals surface area contributed by atoms with Gasteiger partial charge in [0.15, 0.2) is 0 Å². The van der Waals surface area contributed by atoms with E-state index in [0.717, 1.165) is 5.69 Å². The van der Waals surface area contributed by atoms with Crippen LogP contribution in [0.3, 0.4) is 0 Å². The fourth-order valence-corrected chi connectivity index (χ4v) is 3.08. The van der Waals surface area contributed by atoms with Crippen LogP contribution in [0, 0.1) is 12.3 Å². The van der Waals surface area contributed by atoms with Crippen molar-refractivity contribution < 1.29 is 0 Å². The van der Waals surface area contributed by atoms with Gasteiger partial charge in [0.1, 0.15) is 0 Å². The summed E-state index contributed by atoms with van der Waals surface area (Å²) in [6.07, 6.45) is 3.93. The van der Waals surface area contributed by atoms with Crippen LogP contribution in [0.15, 0.2) is 6.07 Å². The third-order valence-corrected chi connectivity index (χ3v) is 4.12. The molecule has 1 atom stereocenters. The minimum Gasteiger partial charge on any atom is -0.265 e. The molecule has 17 heavy (non-hydrogen) atoms. The first-order valence-corrected chi connectivity index (χ1v) is 6.78. The van der Waals surface area contributed by atoms with Crippen molar-refractivity contribution >= 4 is 0 Å². The van der Waals surface area contributed by atoms with Crippen LogP contribution in [0.1, 0.15) is 71.3 Å².